The van der Waals surface area contributed by atoms with Crippen LogP contribution in [0.4, 0.5) is 0 Å². The van der Waals surface area contributed by atoms with Gasteiger partial charge in [0.2, 0.25) is 0 Å². The molecule has 1 N–H and O–H groups in total. The van der Waals surface area contributed by atoms with Crippen LogP contribution in [0.2, 0.25) is 0 Å². The molecule has 0 bridgehead atoms. The van der Waals surface area contributed by atoms with Crippen molar-refractivity contribution in [2.24, 2.45) is 0 Å². The zero-order valence-electron chi connectivity index (χ0n) is 12.5. The van der Waals surface area contributed by atoms with Gasteiger partial charge < -0.3 is 14.5 Å². The highest BCUT2D eigenvalue weighted by atomic mass is 32.1. The van der Waals surface area contributed by atoms with E-state index in [2.05, 4.69) is 45.2 Å². The third kappa shape index (κ3) is 3.24. The van der Waals surface area contributed by atoms with Gasteiger partial charge in [-0.05, 0) is 39.4 Å². The summed E-state index contributed by atoms with van der Waals surface area (Å²) in [4.78, 5) is 14.0. The standard InChI is InChI=1S/C14H23N5S/c1-4-18(5-2)8-6-7-11(3)19-10-17-12-13(19)15-9-16-14(12)20/h9-11H,4-8H2,1-3H3,(H,15,16,20). The molecule has 0 fully saturated rings. The summed E-state index contributed by atoms with van der Waals surface area (Å²) in [6, 6.07) is 0.406. The highest BCUT2D eigenvalue weighted by Crippen LogP contribution is 2.19. The van der Waals surface area contributed by atoms with Crippen LogP contribution in [0.25, 0.3) is 11.2 Å². The predicted molar refractivity (Wildman–Crippen MR) is 84.4 cm³/mol. The lowest BCUT2D eigenvalue weighted by Gasteiger charge is -2.20. The predicted octanol–water partition coefficient (Wildman–Crippen LogP) is 3.17. The van der Waals surface area contributed by atoms with E-state index in [1.54, 1.807) is 6.33 Å². The lowest BCUT2D eigenvalue weighted by atomic mass is 10.1. The number of aromatic amines is 1. The molecule has 0 aromatic carbocycles. The minimum absolute atomic E-state index is 0.406. The summed E-state index contributed by atoms with van der Waals surface area (Å²) in [5.74, 6) is 0. The van der Waals surface area contributed by atoms with Gasteiger partial charge in [0.25, 0.3) is 0 Å². The average molecular weight is 293 g/mol. The van der Waals surface area contributed by atoms with E-state index in [9.17, 15) is 0 Å². The minimum atomic E-state index is 0.406. The van der Waals surface area contributed by atoms with Gasteiger partial charge in [0.15, 0.2) is 4.64 Å². The zero-order valence-corrected chi connectivity index (χ0v) is 13.3. The Hall–Kier alpha value is -1.27. The van der Waals surface area contributed by atoms with Crippen molar-refractivity contribution in [3.05, 3.63) is 17.3 Å². The Bertz CT molecular complexity index is 599. The molecule has 110 valence electrons. The first-order chi connectivity index (χ1) is 9.67. The van der Waals surface area contributed by atoms with Gasteiger partial charge in [0.05, 0.1) is 12.7 Å². The summed E-state index contributed by atoms with van der Waals surface area (Å²) in [6.45, 7) is 10.0. The van der Waals surface area contributed by atoms with Crippen LogP contribution in [-0.2, 0) is 0 Å². The number of fused-ring (bicyclic) bond motifs is 1. The van der Waals surface area contributed by atoms with Gasteiger partial charge in [0, 0.05) is 6.04 Å². The van der Waals surface area contributed by atoms with E-state index in [4.69, 9.17) is 12.2 Å². The average Bonchev–Trinajstić information content (AvgIpc) is 2.89. The van der Waals surface area contributed by atoms with Crippen LogP contribution in [-0.4, -0.2) is 44.1 Å². The molecule has 5 nitrogen and oxygen atoms in total. The van der Waals surface area contributed by atoms with E-state index < -0.39 is 0 Å². The largest absolute Gasteiger partial charge is 0.330 e. The third-order valence-electron chi connectivity index (χ3n) is 3.84. The summed E-state index contributed by atoms with van der Waals surface area (Å²) in [6.07, 6.45) is 5.82. The highest BCUT2D eigenvalue weighted by Gasteiger charge is 2.11. The Morgan fingerprint density at radius 2 is 2.10 bits per heavy atom. The van der Waals surface area contributed by atoms with Crippen molar-refractivity contribution in [2.45, 2.75) is 39.7 Å². The van der Waals surface area contributed by atoms with Crippen LogP contribution in [0.1, 0.15) is 39.7 Å². The van der Waals surface area contributed by atoms with Crippen molar-refractivity contribution >= 4 is 23.4 Å². The molecule has 0 saturated carbocycles. The van der Waals surface area contributed by atoms with Crippen LogP contribution >= 0.6 is 12.2 Å². The molecule has 2 heterocycles. The highest BCUT2D eigenvalue weighted by molar-refractivity contribution is 7.71. The van der Waals surface area contributed by atoms with E-state index >= 15 is 0 Å². The molecule has 0 aliphatic rings. The molecule has 2 aromatic rings. The number of aromatic nitrogens is 4. The molecule has 0 aliphatic carbocycles. The van der Waals surface area contributed by atoms with Crippen molar-refractivity contribution in [3.63, 3.8) is 0 Å². The summed E-state index contributed by atoms with van der Waals surface area (Å²) in [5.41, 5.74) is 1.76. The molecule has 0 spiro atoms. The molecular weight excluding hydrogens is 270 g/mol. The zero-order chi connectivity index (χ0) is 14.5. The Labute approximate surface area is 125 Å². The normalized spacial score (nSPS) is 13.2. The van der Waals surface area contributed by atoms with Gasteiger partial charge in [0.1, 0.15) is 11.2 Å². The molecule has 1 unspecified atom stereocenters. The van der Waals surface area contributed by atoms with Crippen molar-refractivity contribution in [2.75, 3.05) is 19.6 Å². The maximum Gasteiger partial charge on any atom is 0.157 e. The second-order valence-corrected chi connectivity index (χ2v) is 5.46. The van der Waals surface area contributed by atoms with Gasteiger partial charge in [-0.3, -0.25) is 0 Å². The Kier molecular flexibility index (Phi) is 5.25. The van der Waals surface area contributed by atoms with Gasteiger partial charge >= 0.3 is 0 Å². The first-order valence-corrected chi connectivity index (χ1v) is 7.70. The molecule has 6 heteroatoms. The van der Waals surface area contributed by atoms with Gasteiger partial charge in [-0.1, -0.05) is 26.1 Å². The molecule has 0 saturated heterocycles. The first-order valence-electron chi connectivity index (χ1n) is 7.29. The van der Waals surface area contributed by atoms with Crippen LogP contribution in [0.3, 0.4) is 0 Å². The number of hydrogen-bond acceptors (Lipinski definition) is 4. The quantitative estimate of drug-likeness (QED) is 0.797. The summed E-state index contributed by atoms with van der Waals surface area (Å²) >= 11 is 5.19. The number of nitrogens with one attached hydrogen (secondary N) is 1. The van der Waals surface area contributed by atoms with E-state index in [0.29, 0.717) is 10.7 Å². The van der Waals surface area contributed by atoms with Gasteiger partial charge in [-0.25, -0.2) is 9.97 Å². The molecule has 1 atom stereocenters. The SMILES string of the molecule is CCN(CC)CCCC(C)n1cnc2c(=S)nc[nH]c21. The lowest BCUT2D eigenvalue weighted by molar-refractivity contribution is 0.288. The molecule has 0 amide bonds. The van der Waals surface area contributed by atoms with Crippen molar-refractivity contribution < 1.29 is 0 Å². The number of rotatable bonds is 7. The monoisotopic (exact) mass is 293 g/mol. The Morgan fingerprint density at radius 1 is 1.35 bits per heavy atom. The van der Waals surface area contributed by atoms with E-state index in [0.717, 1.165) is 37.2 Å². The van der Waals surface area contributed by atoms with Crippen LogP contribution in [0.5, 0.6) is 0 Å². The molecule has 20 heavy (non-hydrogen) atoms. The molecule has 0 aliphatic heterocycles. The fourth-order valence-electron chi connectivity index (χ4n) is 2.50. The molecular formula is C14H23N5S. The maximum atomic E-state index is 5.19. The number of hydrogen-bond donors (Lipinski definition) is 1. The van der Waals surface area contributed by atoms with Crippen molar-refractivity contribution in [1.82, 2.24) is 24.4 Å². The third-order valence-corrected chi connectivity index (χ3v) is 4.14. The molecule has 2 aromatic heterocycles. The van der Waals surface area contributed by atoms with Crippen LogP contribution < -0.4 is 0 Å². The van der Waals surface area contributed by atoms with Crippen LogP contribution in [0.15, 0.2) is 12.7 Å². The number of H-pyrrole nitrogens is 1. The Morgan fingerprint density at radius 3 is 2.80 bits per heavy atom. The fourth-order valence-corrected chi connectivity index (χ4v) is 2.70. The summed E-state index contributed by atoms with van der Waals surface area (Å²) < 4.78 is 2.72. The van der Waals surface area contributed by atoms with Gasteiger partial charge in [-0.15, -0.1) is 0 Å². The minimum Gasteiger partial charge on any atom is -0.330 e. The fraction of sp³-hybridized carbons (Fsp3) is 0.643. The lowest BCUT2D eigenvalue weighted by Crippen LogP contribution is -2.24. The maximum absolute atomic E-state index is 5.19. The van der Waals surface area contributed by atoms with Gasteiger partial charge in [-0.2, -0.15) is 0 Å². The molecule has 2 rings (SSSR count). The number of nitrogens with zero attached hydrogens (tertiary/aromatic N) is 4. The summed E-state index contributed by atoms with van der Waals surface area (Å²) in [7, 11) is 0. The van der Waals surface area contributed by atoms with E-state index in [1.165, 1.54) is 6.42 Å². The summed E-state index contributed by atoms with van der Waals surface area (Å²) in [5, 5.41) is 0. The second-order valence-electron chi connectivity index (χ2n) is 5.07. The topological polar surface area (TPSA) is 49.7 Å². The van der Waals surface area contributed by atoms with Crippen molar-refractivity contribution in [1.29, 1.82) is 0 Å². The molecule has 0 radical (unpaired) electrons. The van der Waals surface area contributed by atoms with Crippen molar-refractivity contribution in [3.8, 4) is 0 Å². The smallest absolute Gasteiger partial charge is 0.157 e. The Balaban J connectivity index is 2.03. The first kappa shape index (κ1) is 15.1. The number of imidazole rings is 1. The second kappa shape index (κ2) is 6.95. The van der Waals surface area contributed by atoms with Crippen LogP contribution in [0, 0.1) is 4.64 Å². The van der Waals surface area contributed by atoms with E-state index in [-0.39, 0.29) is 0 Å². The van der Waals surface area contributed by atoms with E-state index in [1.807, 2.05) is 6.33 Å².